The highest BCUT2D eigenvalue weighted by Gasteiger charge is 2.32. The van der Waals surface area contributed by atoms with Crippen molar-refractivity contribution in [2.75, 3.05) is 26.6 Å². The van der Waals surface area contributed by atoms with Gasteiger partial charge in [-0.15, -0.1) is 0 Å². The Kier molecular flexibility index (Phi) is 3.43. The monoisotopic (exact) mass is 205 g/mol. The van der Waals surface area contributed by atoms with E-state index in [1.165, 1.54) is 0 Å². The molecule has 0 bridgehead atoms. The zero-order valence-corrected chi connectivity index (χ0v) is 8.39. The summed E-state index contributed by atoms with van der Waals surface area (Å²) in [6, 6.07) is 0. The Hall–Kier alpha value is -0.430. The van der Waals surface area contributed by atoms with Crippen molar-refractivity contribution in [2.24, 2.45) is 0 Å². The van der Waals surface area contributed by atoms with E-state index in [2.05, 4.69) is 10.6 Å². The highest BCUT2D eigenvalue weighted by atomic mass is 32.1. The first-order valence-corrected chi connectivity index (χ1v) is 4.52. The second-order valence-electron chi connectivity index (χ2n) is 3.35. The summed E-state index contributed by atoms with van der Waals surface area (Å²) >= 11 is 4.88. The average molecular weight is 205 g/mol. The minimum atomic E-state index is -0.601. The lowest BCUT2D eigenvalue weighted by Gasteiger charge is -2.41. The Morgan fingerprint density at radius 3 is 2.23 bits per heavy atom. The van der Waals surface area contributed by atoms with Crippen LogP contribution in [0.1, 0.15) is 6.92 Å². The minimum absolute atomic E-state index is 0.0837. The molecule has 1 fully saturated rings. The van der Waals surface area contributed by atoms with E-state index in [9.17, 15) is 0 Å². The van der Waals surface area contributed by atoms with Crippen molar-refractivity contribution in [3.63, 3.8) is 0 Å². The van der Waals surface area contributed by atoms with Crippen LogP contribution in [0.5, 0.6) is 0 Å². The van der Waals surface area contributed by atoms with Crippen molar-refractivity contribution in [3.8, 4) is 0 Å². The highest BCUT2D eigenvalue weighted by Crippen LogP contribution is 2.12. The molecule has 0 spiro atoms. The molecular formula is C7H15N3O2S. The third kappa shape index (κ3) is 2.28. The molecule has 0 aromatic heterocycles. The van der Waals surface area contributed by atoms with E-state index in [0.29, 0.717) is 18.4 Å². The lowest BCUT2D eigenvalue weighted by Crippen LogP contribution is -2.63. The molecule has 6 heteroatoms. The maximum absolute atomic E-state index is 9.11. The number of nitrogens with one attached hydrogen (secondary N) is 2. The van der Waals surface area contributed by atoms with Gasteiger partial charge >= 0.3 is 0 Å². The molecule has 0 amide bonds. The predicted octanol–water partition coefficient (Wildman–Crippen LogP) is -1.58. The smallest absolute Gasteiger partial charge is 0.168 e. The second kappa shape index (κ2) is 4.19. The molecule has 0 saturated carbocycles. The van der Waals surface area contributed by atoms with Gasteiger partial charge in [-0.1, -0.05) is 0 Å². The van der Waals surface area contributed by atoms with Crippen LogP contribution >= 0.6 is 12.2 Å². The van der Waals surface area contributed by atoms with Crippen LogP contribution in [-0.4, -0.2) is 52.3 Å². The zero-order chi connectivity index (χ0) is 9.90. The summed E-state index contributed by atoms with van der Waals surface area (Å²) in [4.78, 5) is 1.89. The molecule has 76 valence electrons. The fraction of sp³-hybridized carbons (Fsp3) is 0.857. The Labute approximate surface area is 82.7 Å². The maximum atomic E-state index is 9.11. The topological polar surface area (TPSA) is 67.8 Å². The number of aliphatic hydroxyl groups excluding tert-OH is 2. The number of rotatable bonds is 3. The molecule has 5 nitrogen and oxygen atoms in total. The van der Waals surface area contributed by atoms with E-state index in [4.69, 9.17) is 22.4 Å². The molecule has 4 N–H and O–H groups in total. The summed E-state index contributed by atoms with van der Waals surface area (Å²) in [5.74, 6) is 0. The van der Waals surface area contributed by atoms with Crippen LogP contribution in [-0.2, 0) is 0 Å². The standard InChI is InChI=1S/C7H15N3O2S/c1-7(2-11,3-12)10-4-8-6(13)9-5-10/h11-12H,2-5H2,1H3,(H2,8,9,13). The van der Waals surface area contributed by atoms with E-state index in [0.717, 1.165) is 0 Å². The van der Waals surface area contributed by atoms with Crippen LogP contribution in [0.3, 0.4) is 0 Å². The van der Waals surface area contributed by atoms with Crippen molar-refractivity contribution < 1.29 is 10.2 Å². The zero-order valence-electron chi connectivity index (χ0n) is 7.58. The van der Waals surface area contributed by atoms with Crippen LogP contribution in [0.25, 0.3) is 0 Å². The van der Waals surface area contributed by atoms with Crippen LogP contribution in [0.4, 0.5) is 0 Å². The molecular weight excluding hydrogens is 190 g/mol. The summed E-state index contributed by atoms with van der Waals surface area (Å²) in [7, 11) is 0. The molecule has 0 unspecified atom stereocenters. The number of hydrogen-bond donors (Lipinski definition) is 4. The summed E-state index contributed by atoms with van der Waals surface area (Å²) in [5.41, 5.74) is -0.601. The van der Waals surface area contributed by atoms with E-state index >= 15 is 0 Å². The van der Waals surface area contributed by atoms with Gasteiger partial charge in [-0.25, -0.2) is 0 Å². The first-order valence-electron chi connectivity index (χ1n) is 4.11. The Morgan fingerprint density at radius 2 is 1.85 bits per heavy atom. The van der Waals surface area contributed by atoms with Crippen LogP contribution < -0.4 is 10.6 Å². The second-order valence-corrected chi connectivity index (χ2v) is 3.76. The van der Waals surface area contributed by atoms with Gasteiger partial charge in [0.15, 0.2) is 5.11 Å². The molecule has 1 aliphatic heterocycles. The molecule has 0 radical (unpaired) electrons. The van der Waals surface area contributed by atoms with Gasteiger partial charge in [-0.3, -0.25) is 4.90 Å². The third-order valence-corrected chi connectivity index (χ3v) is 2.59. The maximum Gasteiger partial charge on any atom is 0.168 e. The van der Waals surface area contributed by atoms with Crippen LogP contribution in [0, 0.1) is 0 Å². The van der Waals surface area contributed by atoms with Crippen molar-refractivity contribution in [3.05, 3.63) is 0 Å². The number of thiocarbonyl (C=S) groups is 1. The number of aliphatic hydroxyl groups is 2. The van der Waals surface area contributed by atoms with Crippen molar-refractivity contribution >= 4 is 17.3 Å². The quantitative estimate of drug-likeness (QED) is 0.417. The Morgan fingerprint density at radius 1 is 1.38 bits per heavy atom. The largest absolute Gasteiger partial charge is 0.394 e. The first-order chi connectivity index (χ1) is 6.12. The van der Waals surface area contributed by atoms with E-state index < -0.39 is 5.54 Å². The minimum Gasteiger partial charge on any atom is -0.394 e. The van der Waals surface area contributed by atoms with Gasteiger partial charge in [-0.2, -0.15) is 0 Å². The van der Waals surface area contributed by atoms with Gasteiger partial charge in [0.2, 0.25) is 0 Å². The lowest BCUT2D eigenvalue weighted by molar-refractivity contribution is -0.00881. The molecule has 0 atom stereocenters. The van der Waals surface area contributed by atoms with Crippen LogP contribution in [0.2, 0.25) is 0 Å². The highest BCUT2D eigenvalue weighted by molar-refractivity contribution is 7.80. The molecule has 1 heterocycles. The molecule has 13 heavy (non-hydrogen) atoms. The summed E-state index contributed by atoms with van der Waals surface area (Å²) in [5, 5.41) is 24.7. The first kappa shape index (κ1) is 10.6. The van der Waals surface area contributed by atoms with Crippen LogP contribution in [0.15, 0.2) is 0 Å². The molecule has 0 aliphatic carbocycles. The van der Waals surface area contributed by atoms with E-state index in [1.807, 2.05) is 4.90 Å². The lowest BCUT2D eigenvalue weighted by atomic mass is 10.0. The normalized spacial score (nSPS) is 19.5. The fourth-order valence-electron chi connectivity index (χ4n) is 1.08. The van der Waals surface area contributed by atoms with Gasteiger partial charge in [-0.05, 0) is 19.1 Å². The third-order valence-electron chi connectivity index (χ3n) is 2.31. The van der Waals surface area contributed by atoms with Crippen molar-refractivity contribution in [1.82, 2.24) is 15.5 Å². The van der Waals surface area contributed by atoms with Crippen molar-refractivity contribution in [1.29, 1.82) is 0 Å². The number of nitrogens with zero attached hydrogens (tertiary/aromatic N) is 1. The Balaban J connectivity index is 2.55. The molecule has 0 aromatic rings. The molecule has 1 saturated heterocycles. The summed E-state index contributed by atoms with van der Waals surface area (Å²) in [6.07, 6.45) is 0. The van der Waals surface area contributed by atoms with Gasteiger partial charge in [0.25, 0.3) is 0 Å². The number of hydrogen-bond acceptors (Lipinski definition) is 4. The summed E-state index contributed by atoms with van der Waals surface area (Å²) < 4.78 is 0. The molecule has 1 rings (SSSR count). The van der Waals surface area contributed by atoms with Gasteiger partial charge in [0.05, 0.1) is 32.1 Å². The fourth-order valence-corrected chi connectivity index (χ4v) is 1.21. The van der Waals surface area contributed by atoms with E-state index in [-0.39, 0.29) is 13.2 Å². The molecule has 0 aromatic carbocycles. The van der Waals surface area contributed by atoms with Gasteiger partial charge in [0.1, 0.15) is 0 Å². The summed E-state index contributed by atoms with van der Waals surface area (Å²) in [6.45, 7) is 2.72. The van der Waals surface area contributed by atoms with Crippen molar-refractivity contribution in [2.45, 2.75) is 12.5 Å². The van der Waals surface area contributed by atoms with Gasteiger partial charge in [0, 0.05) is 0 Å². The predicted molar refractivity (Wildman–Crippen MR) is 53.0 cm³/mol. The average Bonchev–Trinajstić information content (AvgIpc) is 2.18. The Bertz CT molecular complexity index is 186. The van der Waals surface area contributed by atoms with E-state index in [1.54, 1.807) is 6.92 Å². The molecule has 1 aliphatic rings. The SMILES string of the molecule is CC(CO)(CO)N1CNC(=S)NC1. The van der Waals surface area contributed by atoms with Gasteiger partial charge < -0.3 is 20.8 Å².